The molecule has 1 saturated heterocycles. The third kappa shape index (κ3) is 3.71. The maximum atomic E-state index is 12.6. The third-order valence-corrected chi connectivity index (χ3v) is 7.56. The van der Waals surface area contributed by atoms with Crippen LogP contribution in [0.3, 0.4) is 0 Å². The highest BCUT2D eigenvalue weighted by Gasteiger charge is 2.47. The minimum Gasteiger partial charge on any atom is -0.346 e. The minimum absolute atomic E-state index is 0.0759. The summed E-state index contributed by atoms with van der Waals surface area (Å²) in [4.78, 5) is 37.6. The molecule has 0 bridgehead atoms. The second-order valence-electron chi connectivity index (χ2n) is 8.58. The molecule has 1 aliphatic carbocycles. The van der Waals surface area contributed by atoms with Crippen molar-refractivity contribution in [2.45, 2.75) is 45.1 Å². The molecule has 8 heteroatoms. The molecular weight excluding hydrogens is 398 g/mol. The lowest BCUT2D eigenvalue weighted by Gasteiger charge is -2.33. The minimum atomic E-state index is -0.0850. The van der Waals surface area contributed by atoms with Crippen molar-refractivity contribution in [3.05, 3.63) is 52.4 Å². The first kappa shape index (κ1) is 19.2. The Bertz CT molecular complexity index is 1090. The standard InChI is InChI=1S/C22H25N5O2S/c1-22(6-7-22)21(29)26-9-4-15(5-10-26)17-2-3-18(30-17)20(28)25-12-16-14-27-11-8-23-19(27)13-24-16/h2-3,8,11,13-15H,4-7,9-10,12H2,1H3,(H,25,28). The molecular formula is C22H25N5O2S. The molecule has 5 rings (SSSR count). The Hall–Kier alpha value is -2.74. The fourth-order valence-corrected chi connectivity index (χ4v) is 5.16. The van der Waals surface area contributed by atoms with Crippen LogP contribution in [0.2, 0.25) is 0 Å². The number of carbonyl (C=O) groups excluding carboxylic acids is 2. The molecule has 1 saturated carbocycles. The largest absolute Gasteiger partial charge is 0.346 e. The molecule has 156 valence electrons. The van der Waals surface area contributed by atoms with Crippen molar-refractivity contribution in [3.8, 4) is 0 Å². The van der Waals surface area contributed by atoms with E-state index in [4.69, 9.17) is 0 Å². The Kier molecular flexibility index (Phi) is 4.81. The molecule has 30 heavy (non-hydrogen) atoms. The molecule has 0 aromatic carbocycles. The van der Waals surface area contributed by atoms with Crippen molar-refractivity contribution in [2.24, 2.45) is 5.41 Å². The molecule has 7 nitrogen and oxygen atoms in total. The summed E-state index contributed by atoms with van der Waals surface area (Å²) in [6.07, 6.45) is 11.2. The van der Waals surface area contributed by atoms with Crippen molar-refractivity contribution in [1.82, 2.24) is 24.6 Å². The van der Waals surface area contributed by atoms with Crippen LogP contribution in [-0.4, -0.2) is 44.2 Å². The van der Waals surface area contributed by atoms with Gasteiger partial charge >= 0.3 is 0 Å². The topological polar surface area (TPSA) is 79.6 Å². The van der Waals surface area contributed by atoms with E-state index < -0.39 is 0 Å². The molecule has 1 aliphatic heterocycles. The van der Waals surface area contributed by atoms with Crippen molar-refractivity contribution in [2.75, 3.05) is 13.1 Å². The van der Waals surface area contributed by atoms with Gasteiger partial charge in [-0.1, -0.05) is 6.92 Å². The van der Waals surface area contributed by atoms with E-state index in [2.05, 4.69) is 28.3 Å². The highest BCUT2D eigenvalue weighted by molar-refractivity contribution is 7.14. The van der Waals surface area contributed by atoms with E-state index in [1.165, 1.54) is 4.88 Å². The van der Waals surface area contributed by atoms with Crippen LogP contribution >= 0.6 is 11.3 Å². The molecule has 0 unspecified atom stereocenters. The smallest absolute Gasteiger partial charge is 0.261 e. The summed E-state index contributed by atoms with van der Waals surface area (Å²) in [6.45, 7) is 4.09. The van der Waals surface area contributed by atoms with E-state index >= 15 is 0 Å². The lowest BCUT2D eigenvalue weighted by Crippen LogP contribution is -2.41. The fourth-order valence-electron chi connectivity index (χ4n) is 4.06. The number of hydrogen-bond acceptors (Lipinski definition) is 5. The normalized spacial score (nSPS) is 18.5. The van der Waals surface area contributed by atoms with Gasteiger partial charge in [-0.15, -0.1) is 11.3 Å². The number of rotatable bonds is 5. The number of hydrogen-bond donors (Lipinski definition) is 1. The van der Waals surface area contributed by atoms with E-state index in [1.807, 2.05) is 27.8 Å². The average Bonchev–Trinajstić information content (AvgIpc) is 3.18. The molecule has 0 spiro atoms. The zero-order chi connectivity index (χ0) is 20.7. The molecule has 2 amide bonds. The lowest BCUT2D eigenvalue weighted by atomic mass is 9.94. The zero-order valence-electron chi connectivity index (χ0n) is 17.0. The summed E-state index contributed by atoms with van der Waals surface area (Å²) in [5.41, 5.74) is 1.48. The first-order chi connectivity index (χ1) is 14.5. The molecule has 3 aromatic rings. The van der Waals surface area contributed by atoms with E-state index in [-0.39, 0.29) is 11.3 Å². The van der Waals surface area contributed by atoms with Gasteiger partial charge in [-0.2, -0.15) is 0 Å². The van der Waals surface area contributed by atoms with E-state index in [9.17, 15) is 9.59 Å². The highest BCUT2D eigenvalue weighted by Crippen LogP contribution is 2.47. The Morgan fingerprint density at radius 1 is 1.23 bits per heavy atom. The monoisotopic (exact) mass is 423 g/mol. The summed E-state index contributed by atoms with van der Waals surface area (Å²) >= 11 is 1.56. The predicted octanol–water partition coefficient (Wildman–Crippen LogP) is 3.23. The van der Waals surface area contributed by atoms with Gasteiger partial charge in [0.25, 0.3) is 5.91 Å². The van der Waals surface area contributed by atoms with Crippen LogP contribution in [0.4, 0.5) is 0 Å². The highest BCUT2D eigenvalue weighted by atomic mass is 32.1. The molecule has 2 aliphatic rings. The second-order valence-corrected chi connectivity index (χ2v) is 9.70. The zero-order valence-corrected chi connectivity index (χ0v) is 17.8. The van der Waals surface area contributed by atoms with Gasteiger partial charge in [-0.3, -0.25) is 14.6 Å². The maximum absolute atomic E-state index is 12.6. The molecule has 2 fully saturated rings. The van der Waals surface area contributed by atoms with Gasteiger partial charge in [0.2, 0.25) is 5.91 Å². The number of likely N-dealkylation sites (tertiary alicyclic amines) is 1. The van der Waals surface area contributed by atoms with E-state index in [0.29, 0.717) is 18.4 Å². The summed E-state index contributed by atoms with van der Waals surface area (Å²) < 4.78 is 1.89. The number of fused-ring (bicyclic) bond motifs is 1. The van der Waals surface area contributed by atoms with Gasteiger partial charge < -0.3 is 14.6 Å². The third-order valence-electron chi connectivity index (χ3n) is 6.31. The molecule has 0 radical (unpaired) electrons. The number of nitrogens with one attached hydrogen (secondary N) is 1. The van der Waals surface area contributed by atoms with Crippen LogP contribution in [0.25, 0.3) is 5.65 Å². The Morgan fingerprint density at radius 3 is 2.80 bits per heavy atom. The summed E-state index contributed by atoms with van der Waals surface area (Å²) in [5.74, 6) is 0.681. The number of imidazole rings is 1. The molecule has 3 aromatic heterocycles. The van der Waals surface area contributed by atoms with Gasteiger partial charge in [0.15, 0.2) is 5.65 Å². The number of nitrogens with zero attached hydrogens (tertiary/aromatic N) is 4. The van der Waals surface area contributed by atoms with Gasteiger partial charge in [0.1, 0.15) is 0 Å². The second kappa shape index (κ2) is 7.50. The van der Waals surface area contributed by atoms with Crippen LogP contribution in [-0.2, 0) is 11.3 Å². The first-order valence-electron chi connectivity index (χ1n) is 10.5. The number of amides is 2. The Labute approximate surface area is 179 Å². The molecule has 0 atom stereocenters. The van der Waals surface area contributed by atoms with Crippen LogP contribution in [0.1, 0.15) is 58.8 Å². The van der Waals surface area contributed by atoms with Crippen molar-refractivity contribution >= 4 is 28.8 Å². The first-order valence-corrected chi connectivity index (χ1v) is 11.3. The van der Waals surface area contributed by atoms with Crippen LogP contribution < -0.4 is 5.32 Å². The summed E-state index contributed by atoms with van der Waals surface area (Å²) in [7, 11) is 0. The Morgan fingerprint density at radius 2 is 2.03 bits per heavy atom. The predicted molar refractivity (Wildman–Crippen MR) is 114 cm³/mol. The Balaban J connectivity index is 1.16. The van der Waals surface area contributed by atoms with Gasteiger partial charge in [-0.05, 0) is 43.7 Å². The maximum Gasteiger partial charge on any atom is 0.261 e. The average molecular weight is 424 g/mol. The van der Waals surface area contributed by atoms with Crippen molar-refractivity contribution in [3.63, 3.8) is 0 Å². The van der Waals surface area contributed by atoms with Crippen LogP contribution in [0, 0.1) is 5.41 Å². The van der Waals surface area contributed by atoms with Crippen LogP contribution in [0.15, 0.2) is 36.9 Å². The van der Waals surface area contributed by atoms with E-state index in [0.717, 1.165) is 55.0 Å². The van der Waals surface area contributed by atoms with Gasteiger partial charge in [0.05, 0.1) is 23.3 Å². The summed E-state index contributed by atoms with van der Waals surface area (Å²) in [6, 6.07) is 3.98. The quantitative estimate of drug-likeness (QED) is 0.683. The van der Waals surface area contributed by atoms with Crippen molar-refractivity contribution < 1.29 is 9.59 Å². The number of piperidine rings is 1. The van der Waals surface area contributed by atoms with Gasteiger partial charge in [0, 0.05) is 42.0 Å². The summed E-state index contributed by atoms with van der Waals surface area (Å²) in [5, 5.41) is 2.96. The van der Waals surface area contributed by atoms with E-state index in [1.54, 1.807) is 23.7 Å². The van der Waals surface area contributed by atoms with Crippen molar-refractivity contribution in [1.29, 1.82) is 0 Å². The SMILES string of the molecule is CC1(C(=O)N2CCC(c3ccc(C(=O)NCc4cn5ccnc5cn4)s3)CC2)CC1. The number of carbonyl (C=O) groups is 2. The van der Waals surface area contributed by atoms with Crippen LogP contribution in [0.5, 0.6) is 0 Å². The van der Waals surface area contributed by atoms with Gasteiger partial charge in [-0.25, -0.2) is 4.98 Å². The molecule has 1 N–H and O–H groups in total. The number of thiophene rings is 1. The lowest BCUT2D eigenvalue weighted by molar-refractivity contribution is -0.137. The number of aromatic nitrogens is 3. The fraction of sp³-hybridized carbons (Fsp3) is 0.455. The molecule has 4 heterocycles.